The fourth-order valence-electron chi connectivity index (χ4n) is 5.65. The lowest BCUT2D eigenvalue weighted by Gasteiger charge is -2.20. The van der Waals surface area contributed by atoms with E-state index in [0.29, 0.717) is 30.2 Å². The molecule has 1 aliphatic heterocycles. The molecule has 0 saturated carbocycles. The number of benzene rings is 2. The minimum atomic E-state index is -3.60. The summed E-state index contributed by atoms with van der Waals surface area (Å²) in [6, 6.07) is 20.1. The molecule has 14 nitrogen and oxygen atoms in total. The number of aliphatic hydroxyl groups is 2. The van der Waals surface area contributed by atoms with Gasteiger partial charge in [-0.15, -0.1) is 0 Å². The normalized spacial score (nSPS) is 20.1. The van der Waals surface area contributed by atoms with Gasteiger partial charge in [-0.25, -0.2) is 28.1 Å². The second-order valence-corrected chi connectivity index (χ2v) is 13.7. The molecule has 3 aromatic heterocycles. The number of ether oxygens (including phenoxy) is 1. The van der Waals surface area contributed by atoms with Crippen molar-refractivity contribution in [3.8, 4) is 0 Å². The average molecular weight is 663 g/mol. The zero-order valence-electron chi connectivity index (χ0n) is 26.3. The molecule has 5 aromatic rings. The molecule has 15 heteroatoms. The van der Waals surface area contributed by atoms with Crippen LogP contribution in [0.5, 0.6) is 0 Å². The molecule has 4 N–H and O–H groups in total. The van der Waals surface area contributed by atoms with Gasteiger partial charge < -0.3 is 24.8 Å². The Bertz CT molecular complexity index is 1860. The molecule has 1 saturated heterocycles. The van der Waals surface area contributed by atoms with Crippen molar-refractivity contribution in [1.29, 1.82) is 0 Å². The number of imidazole rings is 1. The Morgan fingerprint density at radius 3 is 2.26 bits per heavy atom. The summed E-state index contributed by atoms with van der Waals surface area (Å²) in [7, 11) is -3.60. The molecule has 6 rings (SSSR count). The molecule has 0 amide bonds. The van der Waals surface area contributed by atoms with Crippen molar-refractivity contribution in [2.45, 2.75) is 64.2 Å². The van der Waals surface area contributed by atoms with Crippen LogP contribution in [0.1, 0.15) is 67.7 Å². The molecule has 0 bridgehead atoms. The fraction of sp³-hybridized carbons (Fsp3) is 0.406. The first kappa shape index (κ1) is 32.7. The van der Waals surface area contributed by atoms with E-state index in [-0.39, 0.29) is 41.4 Å². The molecule has 4 atom stereocenters. The SMILES string of the molecule is CCc1nc([C@H]2O[C@@H](n3cnc4c(NCC(c5ccccc5)c5ccccc5)nc(CNS(=O)(=O)CC(C)C)nc43)[C@@H](O)[C@@H]2O)no1. The lowest BCUT2D eigenvalue weighted by atomic mass is 9.91. The molecule has 1 fully saturated rings. The third-order valence-electron chi connectivity index (χ3n) is 7.90. The van der Waals surface area contributed by atoms with E-state index in [1.54, 1.807) is 0 Å². The maximum Gasteiger partial charge on any atom is 0.226 e. The van der Waals surface area contributed by atoms with E-state index in [1.807, 2.05) is 57.2 Å². The summed E-state index contributed by atoms with van der Waals surface area (Å²) in [6.07, 6.45) is -2.98. The first-order valence-corrected chi connectivity index (χ1v) is 17.2. The lowest BCUT2D eigenvalue weighted by Crippen LogP contribution is -2.30. The van der Waals surface area contributed by atoms with Crippen molar-refractivity contribution < 1.29 is 27.9 Å². The van der Waals surface area contributed by atoms with Gasteiger partial charge in [0, 0.05) is 18.9 Å². The van der Waals surface area contributed by atoms with Gasteiger partial charge in [-0.2, -0.15) is 4.98 Å². The number of nitrogens with one attached hydrogen (secondary N) is 2. The molecule has 0 radical (unpaired) electrons. The van der Waals surface area contributed by atoms with Gasteiger partial charge in [0.15, 0.2) is 29.3 Å². The number of nitrogens with zero attached hydrogens (tertiary/aromatic N) is 6. The third-order valence-corrected chi connectivity index (χ3v) is 9.59. The first-order chi connectivity index (χ1) is 22.6. The molecule has 4 heterocycles. The number of aliphatic hydroxyl groups excluding tert-OH is 2. The second kappa shape index (κ2) is 13.8. The quantitative estimate of drug-likeness (QED) is 0.144. The van der Waals surface area contributed by atoms with Crippen LogP contribution in [0.4, 0.5) is 5.82 Å². The van der Waals surface area contributed by atoms with Crippen molar-refractivity contribution in [2.24, 2.45) is 5.92 Å². The van der Waals surface area contributed by atoms with Gasteiger partial charge in [0.1, 0.15) is 18.0 Å². The van der Waals surface area contributed by atoms with Crippen LogP contribution in [-0.4, -0.2) is 72.8 Å². The monoisotopic (exact) mass is 662 g/mol. The second-order valence-electron chi connectivity index (χ2n) is 11.9. The van der Waals surface area contributed by atoms with Gasteiger partial charge in [-0.05, 0) is 17.0 Å². The molecule has 0 unspecified atom stereocenters. The predicted octanol–water partition coefficient (Wildman–Crippen LogP) is 3.08. The van der Waals surface area contributed by atoms with Crippen LogP contribution in [0, 0.1) is 5.92 Å². The summed E-state index contributed by atoms with van der Waals surface area (Å²) in [4.78, 5) is 18.1. The summed E-state index contributed by atoms with van der Waals surface area (Å²) in [5.74, 6) is 0.876. The van der Waals surface area contributed by atoms with Crippen LogP contribution in [0.2, 0.25) is 0 Å². The van der Waals surface area contributed by atoms with Gasteiger partial charge in [-0.1, -0.05) is 86.6 Å². The van der Waals surface area contributed by atoms with E-state index in [2.05, 4.69) is 59.4 Å². The molecule has 0 spiro atoms. The Morgan fingerprint density at radius 2 is 1.64 bits per heavy atom. The largest absolute Gasteiger partial charge is 0.387 e. The number of fused-ring (bicyclic) bond motifs is 1. The third kappa shape index (κ3) is 7.18. The maximum absolute atomic E-state index is 12.7. The van der Waals surface area contributed by atoms with Crippen LogP contribution in [0.3, 0.4) is 0 Å². The maximum atomic E-state index is 12.7. The summed E-state index contributed by atoms with van der Waals surface area (Å²) in [5.41, 5.74) is 2.84. The fourth-order valence-corrected chi connectivity index (χ4v) is 6.99. The summed E-state index contributed by atoms with van der Waals surface area (Å²) < 4.78 is 40.7. The minimum Gasteiger partial charge on any atom is -0.387 e. The minimum absolute atomic E-state index is 0.0450. The zero-order chi connectivity index (χ0) is 33.1. The lowest BCUT2D eigenvalue weighted by molar-refractivity contribution is -0.0388. The highest BCUT2D eigenvalue weighted by atomic mass is 32.2. The Kier molecular flexibility index (Phi) is 9.61. The zero-order valence-corrected chi connectivity index (χ0v) is 27.1. The number of anilines is 1. The van der Waals surface area contributed by atoms with Gasteiger partial charge in [-0.3, -0.25) is 4.57 Å². The van der Waals surface area contributed by atoms with Gasteiger partial charge in [0.05, 0.1) is 18.6 Å². The van der Waals surface area contributed by atoms with Crippen LogP contribution in [0.25, 0.3) is 11.2 Å². The average Bonchev–Trinajstić information content (AvgIpc) is 3.78. The van der Waals surface area contributed by atoms with Crippen LogP contribution in [-0.2, 0) is 27.7 Å². The number of hydrogen-bond acceptors (Lipinski definition) is 12. The topological polar surface area (TPSA) is 190 Å². The Hall–Kier alpha value is -4.28. The van der Waals surface area contributed by atoms with E-state index < -0.39 is 34.6 Å². The smallest absolute Gasteiger partial charge is 0.226 e. The molecule has 2 aromatic carbocycles. The van der Waals surface area contributed by atoms with Crippen LogP contribution < -0.4 is 10.0 Å². The molecule has 0 aliphatic carbocycles. The molecular weight excluding hydrogens is 624 g/mol. The van der Waals surface area contributed by atoms with Crippen molar-refractivity contribution in [3.63, 3.8) is 0 Å². The van der Waals surface area contributed by atoms with Crippen molar-refractivity contribution in [2.75, 3.05) is 17.6 Å². The first-order valence-electron chi connectivity index (χ1n) is 15.5. The number of hydrogen-bond donors (Lipinski definition) is 4. The molecule has 1 aliphatic rings. The van der Waals surface area contributed by atoms with Crippen molar-refractivity contribution in [3.05, 3.63) is 95.7 Å². The van der Waals surface area contributed by atoms with E-state index in [0.717, 1.165) is 11.1 Å². The highest BCUT2D eigenvalue weighted by Crippen LogP contribution is 2.39. The number of aromatic nitrogens is 6. The van der Waals surface area contributed by atoms with Crippen LogP contribution in [0.15, 0.2) is 71.5 Å². The molecule has 248 valence electrons. The Labute approximate surface area is 272 Å². The van der Waals surface area contributed by atoms with E-state index in [1.165, 1.54) is 10.9 Å². The van der Waals surface area contributed by atoms with E-state index in [9.17, 15) is 18.6 Å². The van der Waals surface area contributed by atoms with E-state index in [4.69, 9.17) is 9.26 Å². The number of sulfonamides is 1. The van der Waals surface area contributed by atoms with Gasteiger partial charge >= 0.3 is 0 Å². The highest BCUT2D eigenvalue weighted by Gasteiger charge is 2.47. The molecule has 47 heavy (non-hydrogen) atoms. The van der Waals surface area contributed by atoms with Crippen molar-refractivity contribution >= 4 is 27.0 Å². The summed E-state index contributed by atoms with van der Waals surface area (Å²) in [6.45, 7) is 5.77. The predicted molar refractivity (Wildman–Crippen MR) is 173 cm³/mol. The number of aryl methyl sites for hydroxylation is 1. The summed E-state index contributed by atoms with van der Waals surface area (Å²) >= 11 is 0. The van der Waals surface area contributed by atoms with Gasteiger partial charge in [0.25, 0.3) is 0 Å². The molecular formula is C32H38N8O6S. The highest BCUT2D eigenvalue weighted by molar-refractivity contribution is 7.89. The standard InChI is InChI=1S/C32H38N8O6S/c1-4-24-38-30(39-46-24)28-26(41)27(42)32(45-28)40-18-34-25-29(36-23(37-31(25)40)16-35-47(43,44)17-19(2)3)33-15-22(20-11-7-5-8-12-20)21-13-9-6-10-14-21/h5-14,18-19,22,26-28,32,35,41-42H,4,15-17H2,1-3H3,(H,33,36,37)/t26-,27-,28-,32+/m0/s1. The van der Waals surface area contributed by atoms with Crippen LogP contribution >= 0.6 is 0 Å². The Morgan fingerprint density at radius 1 is 0.957 bits per heavy atom. The summed E-state index contributed by atoms with van der Waals surface area (Å²) in [5, 5.41) is 29.3. The van der Waals surface area contributed by atoms with Crippen molar-refractivity contribution in [1.82, 2.24) is 34.4 Å². The Balaban J connectivity index is 1.35. The van der Waals surface area contributed by atoms with E-state index >= 15 is 0 Å². The van der Waals surface area contributed by atoms with Gasteiger partial charge in [0.2, 0.25) is 21.7 Å². The number of rotatable bonds is 13.